The number of carboxylic acid groups (broad SMARTS) is 1. The van der Waals surface area contributed by atoms with E-state index in [2.05, 4.69) is 4.74 Å². The second-order valence-electron chi connectivity index (χ2n) is 2.44. The third kappa shape index (κ3) is 3.85. The molecule has 1 aromatic carbocycles. The van der Waals surface area contributed by atoms with Crippen molar-refractivity contribution >= 4 is 12.2 Å². The minimum Gasteiger partial charge on any atom is -0.508 e. The first-order valence-electron chi connectivity index (χ1n) is 3.84. The second-order valence-corrected chi connectivity index (χ2v) is 2.44. The van der Waals surface area contributed by atoms with Crippen molar-refractivity contribution < 1.29 is 24.5 Å². The van der Waals surface area contributed by atoms with Crippen LogP contribution in [0.5, 0.6) is 11.5 Å². The minimum atomic E-state index is -1.40. The Morgan fingerprint density at radius 2 is 1.73 bits per heavy atom. The molecule has 0 aliphatic heterocycles. The Morgan fingerprint density at radius 1 is 1.13 bits per heavy atom. The molecular formula is C8H8N2O5. The van der Waals surface area contributed by atoms with Gasteiger partial charge >= 0.3 is 12.2 Å². The van der Waals surface area contributed by atoms with Gasteiger partial charge in [-0.15, -0.1) is 0 Å². The molecule has 0 aliphatic carbocycles. The summed E-state index contributed by atoms with van der Waals surface area (Å²) in [5.74, 6) is 0.212. The smallest absolute Gasteiger partial charge is 0.431 e. The molecular weight excluding hydrogens is 204 g/mol. The average Bonchev–Trinajstić information content (AvgIpc) is 2.19. The third-order valence-electron chi connectivity index (χ3n) is 1.32. The number of phenolic OH excluding ortho intramolecular Hbond substituents is 1. The lowest BCUT2D eigenvalue weighted by Crippen LogP contribution is -2.42. The summed E-state index contributed by atoms with van der Waals surface area (Å²) in [7, 11) is 0. The first kappa shape index (κ1) is 10.6. The zero-order valence-corrected chi connectivity index (χ0v) is 7.43. The molecule has 80 valence electrons. The molecule has 4 N–H and O–H groups in total. The lowest BCUT2D eigenvalue weighted by Gasteiger charge is -2.05. The fraction of sp³-hybridized carbons (Fsp3) is 0. The predicted molar refractivity (Wildman–Crippen MR) is 48.4 cm³/mol. The maximum atomic E-state index is 10.9. The average molecular weight is 212 g/mol. The van der Waals surface area contributed by atoms with Crippen molar-refractivity contribution in [1.29, 1.82) is 0 Å². The van der Waals surface area contributed by atoms with Gasteiger partial charge in [0.25, 0.3) is 0 Å². The molecule has 2 amide bonds. The van der Waals surface area contributed by atoms with E-state index in [4.69, 9.17) is 10.2 Å². The van der Waals surface area contributed by atoms with Gasteiger partial charge in [0, 0.05) is 0 Å². The number of rotatable bonds is 1. The summed E-state index contributed by atoms with van der Waals surface area (Å²) in [4.78, 5) is 20.9. The topological polar surface area (TPSA) is 108 Å². The summed E-state index contributed by atoms with van der Waals surface area (Å²) >= 11 is 0. The van der Waals surface area contributed by atoms with E-state index in [1.54, 1.807) is 10.9 Å². The van der Waals surface area contributed by atoms with Crippen LogP contribution in [0.25, 0.3) is 0 Å². The van der Waals surface area contributed by atoms with Gasteiger partial charge in [-0.25, -0.2) is 20.4 Å². The van der Waals surface area contributed by atoms with E-state index < -0.39 is 12.2 Å². The monoisotopic (exact) mass is 212 g/mol. The fourth-order valence-corrected chi connectivity index (χ4v) is 0.751. The standard InChI is InChI=1S/C8H8N2O5/c11-5-1-3-6(4-2-5)15-8(14)10-9-7(12)13/h1-4,9,11H,(H,10,14)(H,12,13). The van der Waals surface area contributed by atoms with Gasteiger partial charge < -0.3 is 14.9 Å². The molecule has 0 saturated heterocycles. The van der Waals surface area contributed by atoms with E-state index in [1.165, 1.54) is 24.3 Å². The summed E-state index contributed by atoms with van der Waals surface area (Å²) < 4.78 is 4.63. The van der Waals surface area contributed by atoms with Crippen LogP contribution in [0, 0.1) is 0 Å². The molecule has 1 aromatic rings. The van der Waals surface area contributed by atoms with E-state index in [1.807, 2.05) is 0 Å². The van der Waals surface area contributed by atoms with Crippen molar-refractivity contribution in [1.82, 2.24) is 10.9 Å². The molecule has 0 unspecified atom stereocenters. The quantitative estimate of drug-likeness (QED) is 0.511. The first-order chi connectivity index (χ1) is 7.08. The predicted octanol–water partition coefficient (Wildman–Crippen LogP) is 0.663. The van der Waals surface area contributed by atoms with Gasteiger partial charge in [-0.1, -0.05) is 0 Å². The molecule has 0 heterocycles. The van der Waals surface area contributed by atoms with Crippen molar-refractivity contribution in [2.75, 3.05) is 0 Å². The molecule has 0 aromatic heterocycles. The summed E-state index contributed by atoms with van der Waals surface area (Å²) in [5.41, 5.74) is 3.39. The van der Waals surface area contributed by atoms with Crippen LogP contribution in [0.4, 0.5) is 9.59 Å². The minimum absolute atomic E-state index is 0.0337. The van der Waals surface area contributed by atoms with E-state index >= 15 is 0 Å². The first-order valence-corrected chi connectivity index (χ1v) is 3.84. The molecule has 0 radical (unpaired) electrons. The zero-order chi connectivity index (χ0) is 11.3. The van der Waals surface area contributed by atoms with Crippen LogP contribution in [-0.2, 0) is 0 Å². The van der Waals surface area contributed by atoms with Gasteiger partial charge in [0.15, 0.2) is 0 Å². The number of hydrogen-bond donors (Lipinski definition) is 4. The molecule has 15 heavy (non-hydrogen) atoms. The third-order valence-corrected chi connectivity index (χ3v) is 1.32. The molecule has 7 nitrogen and oxygen atoms in total. The molecule has 0 atom stereocenters. The molecule has 0 bridgehead atoms. The summed E-state index contributed by atoms with van der Waals surface area (Å²) in [5, 5.41) is 17.1. The van der Waals surface area contributed by atoms with Crippen LogP contribution in [0.3, 0.4) is 0 Å². The number of carbonyl (C=O) groups is 2. The Kier molecular flexibility index (Phi) is 3.33. The highest BCUT2D eigenvalue weighted by Gasteiger charge is 2.04. The molecule has 0 saturated carbocycles. The number of aromatic hydroxyl groups is 1. The van der Waals surface area contributed by atoms with Crippen molar-refractivity contribution in [2.24, 2.45) is 0 Å². The summed E-state index contributed by atoms with van der Waals surface area (Å²) in [6.07, 6.45) is -2.37. The number of carbonyl (C=O) groups excluding carboxylic acids is 1. The molecule has 0 spiro atoms. The molecule has 0 fully saturated rings. The van der Waals surface area contributed by atoms with Gasteiger partial charge in [0.05, 0.1) is 0 Å². The van der Waals surface area contributed by atoms with Gasteiger partial charge in [-0.2, -0.15) is 0 Å². The highest BCUT2D eigenvalue weighted by atomic mass is 16.6. The van der Waals surface area contributed by atoms with Gasteiger partial charge in [0.2, 0.25) is 0 Å². The molecule has 7 heteroatoms. The van der Waals surface area contributed by atoms with Crippen LogP contribution in [0.2, 0.25) is 0 Å². The van der Waals surface area contributed by atoms with Crippen LogP contribution in [-0.4, -0.2) is 22.4 Å². The Labute approximate surface area is 84.3 Å². The largest absolute Gasteiger partial charge is 0.508 e. The van der Waals surface area contributed by atoms with Gasteiger partial charge in [-0.3, -0.25) is 0 Å². The maximum absolute atomic E-state index is 10.9. The SMILES string of the molecule is O=C(O)NNC(=O)Oc1ccc(O)cc1. The Bertz CT molecular complexity index is 362. The van der Waals surface area contributed by atoms with Crippen LogP contribution >= 0.6 is 0 Å². The van der Waals surface area contributed by atoms with Gasteiger partial charge in [-0.05, 0) is 24.3 Å². The number of hydrogen-bond acceptors (Lipinski definition) is 4. The van der Waals surface area contributed by atoms with Crippen molar-refractivity contribution in [3.8, 4) is 11.5 Å². The van der Waals surface area contributed by atoms with Crippen molar-refractivity contribution in [3.63, 3.8) is 0 Å². The van der Waals surface area contributed by atoms with E-state index in [0.717, 1.165) is 0 Å². The number of nitrogens with one attached hydrogen (secondary N) is 2. The lowest BCUT2D eigenvalue weighted by atomic mass is 10.3. The Balaban J connectivity index is 2.44. The normalized spacial score (nSPS) is 9.07. The molecule has 0 aliphatic rings. The highest BCUT2D eigenvalue weighted by molar-refractivity contribution is 5.74. The number of benzene rings is 1. The second kappa shape index (κ2) is 4.70. The van der Waals surface area contributed by atoms with Crippen molar-refractivity contribution in [2.45, 2.75) is 0 Å². The maximum Gasteiger partial charge on any atom is 0.431 e. The van der Waals surface area contributed by atoms with Crippen LogP contribution < -0.4 is 15.6 Å². The van der Waals surface area contributed by atoms with E-state index in [-0.39, 0.29) is 11.5 Å². The van der Waals surface area contributed by atoms with Crippen LogP contribution in [0.15, 0.2) is 24.3 Å². The Hall–Kier alpha value is -2.44. The van der Waals surface area contributed by atoms with E-state index in [9.17, 15) is 9.59 Å². The summed E-state index contributed by atoms with van der Waals surface area (Å²) in [6.45, 7) is 0. The summed E-state index contributed by atoms with van der Waals surface area (Å²) in [6, 6.07) is 5.37. The number of ether oxygens (including phenoxy) is 1. The van der Waals surface area contributed by atoms with E-state index in [0.29, 0.717) is 0 Å². The van der Waals surface area contributed by atoms with Gasteiger partial charge in [0.1, 0.15) is 11.5 Å². The van der Waals surface area contributed by atoms with Crippen molar-refractivity contribution in [3.05, 3.63) is 24.3 Å². The number of amides is 2. The number of phenols is 1. The zero-order valence-electron chi connectivity index (χ0n) is 7.43. The number of hydrazine groups is 1. The van der Waals surface area contributed by atoms with Crippen LogP contribution in [0.1, 0.15) is 0 Å². The lowest BCUT2D eigenvalue weighted by molar-refractivity contribution is 0.175. The fourth-order valence-electron chi connectivity index (χ4n) is 0.751. The highest BCUT2D eigenvalue weighted by Crippen LogP contribution is 2.15. The Morgan fingerprint density at radius 3 is 2.27 bits per heavy atom. The molecule has 1 rings (SSSR count).